The van der Waals surface area contributed by atoms with Gasteiger partial charge in [0.2, 0.25) is 0 Å². The van der Waals surface area contributed by atoms with Crippen molar-refractivity contribution in [2.75, 3.05) is 33.3 Å². The average Bonchev–Trinajstić information content (AvgIpc) is 2.36. The summed E-state index contributed by atoms with van der Waals surface area (Å²) in [5.41, 5.74) is 0. The van der Waals surface area contributed by atoms with Crippen molar-refractivity contribution in [2.45, 2.75) is 24.6 Å². The van der Waals surface area contributed by atoms with E-state index in [1.807, 2.05) is 0 Å². The summed E-state index contributed by atoms with van der Waals surface area (Å²) in [6, 6.07) is 0. The highest BCUT2D eigenvalue weighted by Crippen LogP contribution is 2.40. The van der Waals surface area contributed by atoms with Crippen molar-refractivity contribution in [3.8, 4) is 0 Å². The molecule has 0 aliphatic heterocycles. The second-order valence-corrected chi connectivity index (χ2v) is 3.61. The second kappa shape index (κ2) is 8.79. The molecule has 0 fully saturated rings. The molecule has 13 heteroatoms. The predicted octanol–water partition coefficient (Wildman–Crippen LogP) is 1.07. The molecule has 134 valence electrons. The van der Waals surface area contributed by atoms with Crippen LogP contribution in [-0.4, -0.2) is 68.1 Å². The Labute approximate surface area is 119 Å². The minimum Gasteiger partial charge on any atom is -0.394 e. The topological polar surface area (TPSA) is 77.4 Å². The predicted molar refractivity (Wildman–Crippen MR) is 52.8 cm³/mol. The van der Waals surface area contributed by atoms with E-state index in [1.165, 1.54) is 0 Å². The number of hydrogen-bond acceptors (Lipinski definition) is 6. The van der Waals surface area contributed by atoms with Crippen molar-refractivity contribution in [2.24, 2.45) is 0 Å². The third kappa shape index (κ3) is 7.51. The summed E-state index contributed by atoms with van der Waals surface area (Å²) in [6.07, 6.45) is -17.9. The number of aliphatic hydroxyl groups excluding tert-OH is 2. The minimum absolute atomic E-state index is 0.499. The summed E-state index contributed by atoms with van der Waals surface area (Å²) >= 11 is 0. The molecule has 0 amide bonds. The van der Waals surface area contributed by atoms with Crippen LogP contribution in [0.5, 0.6) is 0 Å². The van der Waals surface area contributed by atoms with Gasteiger partial charge in [-0.3, -0.25) is 4.74 Å². The molecule has 0 heterocycles. The van der Waals surface area contributed by atoms with Crippen LogP contribution in [0.3, 0.4) is 0 Å². The molecule has 0 aromatic carbocycles. The molecule has 0 bridgehead atoms. The van der Waals surface area contributed by atoms with E-state index in [2.05, 4.69) is 18.9 Å². The molecule has 0 saturated heterocycles. The van der Waals surface area contributed by atoms with E-state index in [9.17, 15) is 30.7 Å². The monoisotopic (exact) mass is 350 g/mol. The number of halogens is 7. The maximum absolute atomic E-state index is 12.9. The fraction of sp³-hybridized carbons (Fsp3) is 1.00. The maximum atomic E-state index is 12.9. The van der Waals surface area contributed by atoms with E-state index in [4.69, 9.17) is 10.2 Å². The van der Waals surface area contributed by atoms with Gasteiger partial charge in [0, 0.05) is 0 Å². The molecule has 0 aromatic heterocycles. The Kier molecular flexibility index (Phi) is 8.49. The van der Waals surface area contributed by atoms with Crippen molar-refractivity contribution in [3.05, 3.63) is 0 Å². The molecule has 0 aromatic rings. The SMILES string of the molecule is OCC(O)COCCOC(F)(F)C(F)(F)OC(F)(F)OCF. The zero-order valence-corrected chi connectivity index (χ0v) is 10.8. The van der Waals surface area contributed by atoms with Crippen molar-refractivity contribution in [1.82, 2.24) is 0 Å². The Bertz CT molecular complexity index is 317. The van der Waals surface area contributed by atoms with E-state index in [1.54, 1.807) is 0 Å². The van der Waals surface area contributed by atoms with Crippen LogP contribution in [0.15, 0.2) is 0 Å². The molecular formula is C9H13F7O6. The number of hydrogen-bond donors (Lipinski definition) is 2. The standard InChI is InChI=1S/C9H13F7O6/c10-5-21-9(15,16)22-8(13,14)7(11,12)20-2-1-19-4-6(18)3-17/h6,17-18H,1-5H2. The summed E-state index contributed by atoms with van der Waals surface area (Å²) in [5, 5.41) is 17.2. The zero-order chi connectivity index (χ0) is 17.4. The van der Waals surface area contributed by atoms with Crippen LogP contribution in [0.2, 0.25) is 0 Å². The van der Waals surface area contributed by atoms with Gasteiger partial charge in [-0.05, 0) is 0 Å². The van der Waals surface area contributed by atoms with Gasteiger partial charge in [-0.2, -0.15) is 17.6 Å². The largest absolute Gasteiger partial charge is 0.492 e. The molecular weight excluding hydrogens is 337 g/mol. The Morgan fingerprint density at radius 1 is 0.909 bits per heavy atom. The number of ether oxygens (including phenoxy) is 4. The molecule has 0 aliphatic carbocycles. The van der Waals surface area contributed by atoms with Gasteiger partial charge in [0.05, 0.1) is 26.4 Å². The molecule has 6 nitrogen and oxygen atoms in total. The summed E-state index contributed by atoms with van der Waals surface area (Å²) in [4.78, 5) is 0. The van der Waals surface area contributed by atoms with Gasteiger partial charge in [-0.1, -0.05) is 0 Å². The Morgan fingerprint density at radius 3 is 2.00 bits per heavy atom. The molecule has 0 saturated carbocycles. The highest BCUT2D eigenvalue weighted by atomic mass is 19.3. The van der Waals surface area contributed by atoms with Crippen molar-refractivity contribution in [1.29, 1.82) is 0 Å². The van der Waals surface area contributed by atoms with Gasteiger partial charge in [0.25, 0.3) is 0 Å². The van der Waals surface area contributed by atoms with Gasteiger partial charge in [0.15, 0.2) is 6.86 Å². The minimum atomic E-state index is -5.82. The first kappa shape index (κ1) is 21.3. The van der Waals surface area contributed by atoms with Crippen molar-refractivity contribution in [3.63, 3.8) is 0 Å². The molecule has 0 rings (SSSR count). The third-order valence-electron chi connectivity index (χ3n) is 1.84. The normalized spacial score (nSPS) is 15.1. The van der Waals surface area contributed by atoms with Gasteiger partial charge in [-0.15, -0.1) is 8.78 Å². The molecule has 1 unspecified atom stereocenters. The first-order chi connectivity index (χ1) is 9.97. The maximum Gasteiger partial charge on any atom is 0.492 e. The smallest absolute Gasteiger partial charge is 0.394 e. The van der Waals surface area contributed by atoms with Crippen LogP contribution >= 0.6 is 0 Å². The molecule has 1 atom stereocenters. The van der Waals surface area contributed by atoms with E-state index in [0.717, 1.165) is 0 Å². The molecule has 22 heavy (non-hydrogen) atoms. The van der Waals surface area contributed by atoms with Crippen LogP contribution in [0.4, 0.5) is 30.7 Å². The highest BCUT2D eigenvalue weighted by molar-refractivity contribution is 4.67. The van der Waals surface area contributed by atoms with Crippen LogP contribution in [0.1, 0.15) is 0 Å². The van der Waals surface area contributed by atoms with Crippen LogP contribution in [0, 0.1) is 0 Å². The van der Waals surface area contributed by atoms with Gasteiger partial charge < -0.3 is 19.7 Å². The van der Waals surface area contributed by atoms with Crippen LogP contribution in [-0.2, 0) is 18.9 Å². The van der Waals surface area contributed by atoms with Crippen molar-refractivity contribution >= 4 is 0 Å². The Morgan fingerprint density at radius 2 is 1.50 bits per heavy atom. The van der Waals surface area contributed by atoms with E-state index < -0.39 is 57.9 Å². The van der Waals surface area contributed by atoms with Crippen LogP contribution in [0.25, 0.3) is 0 Å². The lowest BCUT2D eigenvalue weighted by atomic mass is 10.4. The number of rotatable bonds is 12. The summed E-state index contributed by atoms with van der Waals surface area (Å²) < 4.78 is 101. The first-order valence-corrected chi connectivity index (χ1v) is 5.51. The summed E-state index contributed by atoms with van der Waals surface area (Å²) in [6.45, 7) is -5.34. The summed E-state index contributed by atoms with van der Waals surface area (Å²) in [7, 11) is 0. The van der Waals surface area contributed by atoms with E-state index >= 15 is 0 Å². The third-order valence-corrected chi connectivity index (χ3v) is 1.84. The van der Waals surface area contributed by atoms with E-state index in [0.29, 0.717) is 0 Å². The van der Waals surface area contributed by atoms with Gasteiger partial charge in [0.1, 0.15) is 6.10 Å². The summed E-state index contributed by atoms with van der Waals surface area (Å²) in [5.74, 6) is 0. The average molecular weight is 350 g/mol. The number of aliphatic hydroxyl groups is 2. The number of alkyl halides is 7. The van der Waals surface area contributed by atoms with E-state index in [-0.39, 0.29) is 0 Å². The molecule has 0 radical (unpaired) electrons. The highest BCUT2D eigenvalue weighted by Gasteiger charge is 2.64. The Hall–Kier alpha value is -0.730. The first-order valence-electron chi connectivity index (χ1n) is 5.51. The van der Waals surface area contributed by atoms with Gasteiger partial charge in [-0.25, -0.2) is 9.13 Å². The lowest BCUT2D eigenvalue weighted by Gasteiger charge is -2.28. The second-order valence-electron chi connectivity index (χ2n) is 3.61. The molecule has 0 aliphatic rings. The lowest BCUT2D eigenvalue weighted by molar-refractivity contribution is -0.529. The van der Waals surface area contributed by atoms with Crippen molar-refractivity contribution < 1.29 is 59.9 Å². The van der Waals surface area contributed by atoms with Gasteiger partial charge >= 0.3 is 18.5 Å². The quantitative estimate of drug-likeness (QED) is 0.312. The zero-order valence-electron chi connectivity index (χ0n) is 10.8. The lowest BCUT2D eigenvalue weighted by Crippen LogP contribution is -2.49. The Balaban J connectivity index is 4.33. The molecule has 2 N–H and O–H groups in total. The van der Waals surface area contributed by atoms with Crippen LogP contribution < -0.4 is 0 Å². The fourth-order valence-electron chi connectivity index (χ4n) is 0.886. The molecule has 0 spiro atoms. The fourth-order valence-corrected chi connectivity index (χ4v) is 0.886.